The molecule has 0 heterocycles. The van der Waals surface area contributed by atoms with E-state index in [4.69, 9.17) is 0 Å². The van der Waals surface area contributed by atoms with E-state index in [1.54, 1.807) is 0 Å². The molecule has 0 amide bonds. The molecule has 1 fully saturated rings. The number of benzene rings is 1. The van der Waals surface area contributed by atoms with Crippen LogP contribution < -0.4 is 5.32 Å². The third kappa shape index (κ3) is 2.65. The van der Waals surface area contributed by atoms with Crippen molar-refractivity contribution in [3.63, 3.8) is 0 Å². The van der Waals surface area contributed by atoms with Gasteiger partial charge in [0.1, 0.15) is 0 Å². The van der Waals surface area contributed by atoms with Crippen LogP contribution in [0, 0.1) is 16.7 Å². The largest absolute Gasteiger partial charge is 0.314 e. The van der Waals surface area contributed by atoms with Gasteiger partial charge in [-0.05, 0) is 47.3 Å². The third-order valence-electron chi connectivity index (χ3n) is 5.89. The van der Waals surface area contributed by atoms with E-state index in [1.165, 1.54) is 11.1 Å². The van der Waals surface area contributed by atoms with Crippen LogP contribution in [-0.2, 0) is 12.8 Å². The molecule has 1 saturated carbocycles. The summed E-state index contributed by atoms with van der Waals surface area (Å²) in [5.74, 6) is 0.765. The summed E-state index contributed by atoms with van der Waals surface area (Å²) in [5.41, 5.74) is 3.79. The van der Waals surface area contributed by atoms with Crippen LogP contribution in [0.15, 0.2) is 24.3 Å². The standard InChI is InChI=1S/C19H31N/c1-7-14-9-11-15(12-10-14)13-16(20-8-2)17-18(3,4)19(17,5)6/h9-12,16-17,20H,7-8,13H2,1-6H3. The lowest BCUT2D eigenvalue weighted by Crippen LogP contribution is -2.35. The summed E-state index contributed by atoms with van der Waals surface area (Å²) in [6, 6.07) is 9.78. The van der Waals surface area contributed by atoms with Crippen molar-refractivity contribution in [3.8, 4) is 0 Å². The predicted octanol–water partition coefficient (Wildman–Crippen LogP) is 4.45. The summed E-state index contributed by atoms with van der Waals surface area (Å²) in [7, 11) is 0. The zero-order valence-corrected chi connectivity index (χ0v) is 14.1. The van der Waals surface area contributed by atoms with E-state index < -0.39 is 0 Å². The number of aryl methyl sites for hydroxylation is 1. The van der Waals surface area contributed by atoms with Crippen molar-refractivity contribution >= 4 is 0 Å². The fourth-order valence-corrected chi connectivity index (χ4v) is 3.99. The fourth-order valence-electron chi connectivity index (χ4n) is 3.99. The molecule has 1 aliphatic rings. The van der Waals surface area contributed by atoms with Crippen molar-refractivity contribution in [2.45, 2.75) is 60.4 Å². The first-order valence-corrected chi connectivity index (χ1v) is 8.15. The highest BCUT2D eigenvalue weighted by atomic mass is 15.0. The van der Waals surface area contributed by atoms with Gasteiger partial charge in [-0.25, -0.2) is 0 Å². The number of likely N-dealkylation sites (N-methyl/N-ethyl adjacent to an activating group) is 1. The maximum atomic E-state index is 3.73. The molecular formula is C19H31N. The molecule has 1 aliphatic carbocycles. The quantitative estimate of drug-likeness (QED) is 0.807. The SMILES string of the molecule is CCNC(Cc1ccc(CC)cc1)C1C(C)(C)C1(C)C. The lowest BCUT2D eigenvalue weighted by molar-refractivity contribution is 0.403. The van der Waals surface area contributed by atoms with Crippen LogP contribution in [0.1, 0.15) is 52.7 Å². The minimum Gasteiger partial charge on any atom is -0.314 e. The average molecular weight is 273 g/mol. The molecule has 1 nitrogen and oxygen atoms in total. The summed E-state index contributed by atoms with van der Waals surface area (Å²) in [6.07, 6.45) is 2.27. The summed E-state index contributed by atoms with van der Waals surface area (Å²) in [4.78, 5) is 0. The van der Waals surface area contributed by atoms with Crippen LogP contribution >= 0.6 is 0 Å². The molecule has 1 aromatic rings. The van der Waals surface area contributed by atoms with E-state index in [-0.39, 0.29) is 0 Å². The van der Waals surface area contributed by atoms with E-state index in [0.29, 0.717) is 16.9 Å². The highest BCUT2D eigenvalue weighted by Gasteiger charge is 2.66. The van der Waals surface area contributed by atoms with Crippen molar-refractivity contribution in [1.29, 1.82) is 0 Å². The molecule has 0 saturated heterocycles. The van der Waals surface area contributed by atoms with Gasteiger partial charge in [-0.15, -0.1) is 0 Å². The van der Waals surface area contributed by atoms with Gasteiger partial charge < -0.3 is 5.32 Å². The maximum Gasteiger partial charge on any atom is 0.0146 e. The lowest BCUT2D eigenvalue weighted by Gasteiger charge is -2.20. The first kappa shape index (κ1) is 15.6. The van der Waals surface area contributed by atoms with Gasteiger partial charge in [-0.2, -0.15) is 0 Å². The molecule has 2 rings (SSSR count). The highest BCUT2D eigenvalue weighted by molar-refractivity contribution is 5.25. The van der Waals surface area contributed by atoms with Crippen LogP contribution in [0.25, 0.3) is 0 Å². The zero-order chi connectivity index (χ0) is 15.0. The predicted molar refractivity (Wildman–Crippen MR) is 88.0 cm³/mol. The zero-order valence-electron chi connectivity index (χ0n) is 14.1. The summed E-state index contributed by atoms with van der Waals surface area (Å²) >= 11 is 0. The van der Waals surface area contributed by atoms with Crippen LogP contribution in [0.3, 0.4) is 0 Å². The van der Waals surface area contributed by atoms with E-state index >= 15 is 0 Å². The Balaban J connectivity index is 2.10. The highest BCUT2D eigenvalue weighted by Crippen LogP contribution is 2.69. The van der Waals surface area contributed by atoms with Crippen molar-refractivity contribution in [1.82, 2.24) is 5.32 Å². The second-order valence-electron chi connectivity index (χ2n) is 7.46. The summed E-state index contributed by atoms with van der Waals surface area (Å²) in [5, 5.41) is 3.73. The molecule has 0 aliphatic heterocycles. The van der Waals surface area contributed by atoms with Crippen molar-refractivity contribution in [3.05, 3.63) is 35.4 Å². The lowest BCUT2D eigenvalue weighted by atomic mass is 9.96. The second kappa shape index (κ2) is 5.52. The number of hydrogen-bond donors (Lipinski definition) is 1. The normalized spacial score (nSPS) is 21.7. The van der Waals surface area contributed by atoms with Gasteiger partial charge in [0.2, 0.25) is 0 Å². The Morgan fingerprint density at radius 2 is 1.45 bits per heavy atom. The molecule has 0 spiro atoms. The Bertz CT molecular complexity index is 427. The van der Waals surface area contributed by atoms with Crippen molar-refractivity contribution in [2.75, 3.05) is 6.54 Å². The number of hydrogen-bond acceptors (Lipinski definition) is 1. The van der Waals surface area contributed by atoms with Gasteiger partial charge in [0.25, 0.3) is 0 Å². The molecular weight excluding hydrogens is 242 g/mol. The first-order valence-electron chi connectivity index (χ1n) is 8.15. The molecule has 0 radical (unpaired) electrons. The van der Waals surface area contributed by atoms with Gasteiger partial charge in [0.15, 0.2) is 0 Å². The smallest absolute Gasteiger partial charge is 0.0146 e. The molecule has 1 heteroatoms. The first-order chi connectivity index (χ1) is 9.34. The average Bonchev–Trinajstić information content (AvgIpc) is 2.80. The Kier molecular flexibility index (Phi) is 4.30. The van der Waals surface area contributed by atoms with Gasteiger partial charge in [0, 0.05) is 6.04 Å². The molecule has 1 atom stereocenters. The molecule has 20 heavy (non-hydrogen) atoms. The Morgan fingerprint density at radius 3 is 1.85 bits per heavy atom. The van der Waals surface area contributed by atoms with Gasteiger partial charge in [-0.3, -0.25) is 0 Å². The molecule has 0 aromatic heterocycles. The molecule has 1 N–H and O–H groups in total. The Labute approximate surface area is 125 Å². The van der Waals surface area contributed by atoms with E-state index in [1.807, 2.05) is 0 Å². The maximum absolute atomic E-state index is 3.73. The fraction of sp³-hybridized carbons (Fsp3) is 0.684. The summed E-state index contributed by atoms with van der Waals surface area (Å²) in [6.45, 7) is 15.2. The molecule has 1 aromatic carbocycles. The Hall–Kier alpha value is -0.820. The van der Waals surface area contributed by atoms with Crippen LogP contribution in [-0.4, -0.2) is 12.6 Å². The minimum atomic E-state index is 0.448. The van der Waals surface area contributed by atoms with Gasteiger partial charge in [0.05, 0.1) is 0 Å². The van der Waals surface area contributed by atoms with Crippen molar-refractivity contribution < 1.29 is 0 Å². The van der Waals surface area contributed by atoms with E-state index in [2.05, 4.69) is 71.1 Å². The topological polar surface area (TPSA) is 12.0 Å². The third-order valence-corrected chi connectivity index (χ3v) is 5.89. The van der Waals surface area contributed by atoms with E-state index in [0.717, 1.165) is 25.3 Å². The van der Waals surface area contributed by atoms with Gasteiger partial charge in [-0.1, -0.05) is 65.8 Å². The summed E-state index contributed by atoms with van der Waals surface area (Å²) < 4.78 is 0. The monoisotopic (exact) mass is 273 g/mol. The minimum absolute atomic E-state index is 0.448. The van der Waals surface area contributed by atoms with Crippen LogP contribution in [0.4, 0.5) is 0 Å². The number of rotatable bonds is 6. The molecule has 1 unspecified atom stereocenters. The molecule has 112 valence electrons. The van der Waals surface area contributed by atoms with Crippen LogP contribution in [0.2, 0.25) is 0 Å². The number of nitrogens with one attached hydrogen (secondary N) is 1. The van der Waals surface area contributed by atoms with Crippen molar-refractivity contribution in [2.24, 2.45) is 16.7 Å². The second-order valence-corrected chi connectivity index (χ2v) is 7.46. The van der Waals surface area contributed by atoms with Gasteiger partial charge >= 0.3 is 0 Å². The van der Waals surface area contributed by atoms with Crippen LogP contribution in [0.5, 0.6) is 0 Å². The van der Waals surface area contributed by atoms with E-state index in [9.17, 15) is 0 Å². The Morgan fingerprint density at radius 1 is 0.950 bits per heavy atom. The molecule has 0 bridgehead atoms.